The number of nitrogens with one attached hydrogen (secondary N) is 1. The van der Waals surface area contributed by atoms with Crippen molar-refractivity contribution in [2.45, 2.75) is 0 Å². The van der Waals surface area contributed by atoms with E-state index in [-0.39, 0.29) is 10.5 Å². The number of ether oxygens (including phenoxy) is 1. The third kappa shape index (κ3) is 5.63. The summed E-state index contributed by atoms with van der Waals surface area (Å²) in [5.74, 6) is -1.41. The molecule has 2 N–H and O–H groups in total. The number of morpholine rings is 1. The van der Waals surface area contributed by atoms with Crippen LogP contribution in [0, 0.1) is 0 Å². The number of anilines is 2. The van der Waals surface area contributed by atoms with Crippen LogP contribution in [-0.4, -0.2) is 65.9 Å². The van der Waals surface area contributed by atoms with E-state index in [2.05, 4.69) is 10.2 Å². The number of imide groups is 1. The molecule has 194 valence electrons. The number of carboxylic acids is 1. The number of hydrogen-bond acceptors (Lipinski definition) is 8. The molecule has 0 aliphatic carbocycles. The number of furan rings is 1. The topological polar surface area (TPSA) is 129 Å². The van der Waals surface area contributed by atoms with Gasteiger partial charge in [-0.2, -0.15) is 0 Å². The van der Waals surface area contributed by atoms with Crippen molar-refractivity contribution >= 4 is 52.2 Å². The summed E-state index contributed by atoms with van der Waals surface area (Å²) in [6.45, 7) is 2.53. The number of benzene rings is 2. The second kappa shape index (κ2) is 11.0. The van der Waals surface area contributed by atoms with Gasteiger partial charge in [-0.15, -0.1) is 0 Å². The Hall–Kier alpha value is -4.35. The number of rotatable bonds is 7. The van der Waals surface area contributed by atoms with Crippen molar-refractivity contribution in [1.82, 2.24) is 4.90 Å². The fraction of sp³-hybridized carbons (Fsp3) is 0.185. The number of nitrogens with zero attached hydrogens (tertiary/aromatic N) is 2. The Kier molecular flexibility index (Phi) is 7.29. The van der Waals surface area contributed by atoms with Gasteiger partial charge in [0.2, 0.25) is 5.91 Å². The normalized spacial score (nSPS) is 16.8. The van der Waals surface area contributed by atoms with Gasteiger partial charge in [0.15, 0.2) is 0 Å². The molecule has 10 nitrogen and oxygen atoms in total. The minimum Gasteiger partial charge on any atom is -0.478 e. The van der Waals surface area contributed by atoms with Gasteiger partial charge in [-0.05, 0) is 60.3 Å². The van der Waals surface area contributed by atoms with E-state index < -0.39 is 29.6 Å². The highest BCUT2D eigenvalue weighted by molar-refractivity contribution is 8.18. The van der Waals surface area contributed by atoms with Gasteiger partial charge in [-0.3, -0.25) is 19.3 Å². The Morgan fingerprint density at radius 3 is 2.53 bits per heavy atom. The number of amides is 3. The zero-order valence-electron chi connectivity index (χ0n) is 20.1. The molecule has 3 aromatic rings. The molecule has 3 amide bonds. The molecule has 2 aromatic carbocycles. The maximum Gasteiger partial charge on any atom is 0.335 e. The number of carbonyl (C=O) groups is 4. The second-order valence-electron chi connectivity index (χ2n) is 8.55. The average molecular weight is 534 g/mol. The predicted molar refractivity (Wildman–Crippen MR) is 142 cm³/mol. The lowest BCUT2D eigenvalue weighted by Crippen LogP contribution is -2.36. The fourth-order valence-electron chi connectivity index (χ4n) is 4.08. The first-order valence-electron chi connectivity index (χ1n) is 11.8. The van der Waals surface area contributed by atoms with E-state index in [1.807, 2.05) is 12.1 Å². The third-order valence-corrected chi connectivity index (χ3v) is 6.90. The molecule has 0 spiro atoms. The Balaban J connectivity index is 1.21. The van der Waals surface area contributed by atoms with Gasteiger partial charge in [0.25, 0.3) is 11.1 Å². The zero-order valence-corrected chi connectivity index (χ0v) is 20.9. The monoisotopic (exact) mass is 533 g/mol. The minimum absolute atomic E-state index is 0.118. The second-order valence-corrected chi connectivity index (χ2v) is 9.54. The van der Waals surface area contributed by atoms with E-state index in [0.29, 0.717) is 36.0 Å². The minimum atomic E-state index is -1.05. The van der Waals surface area contributed by atoms with Crippen molar-refractivity contribution in [3.8, 4) is 11.3 Å². The highest BCUT2D eigenvalue weighted by atomic mass is 32.2. The van der Waals surface area contributed by atoms with Gasteiger partial charge in [0.1, 0.15) is 18.1 Å². The van der Waals surface area contributed by atoms with E-state index in [0.717, 1.165) is 35.4 Å². The molecule has 2 aliphatic rings. The van der Waals surface area contributed by atoms with Crippen LogP contribution in [0.5, 0.6) is 0 Å². The molecule has 1 aromatic heterocycles. The SMILES string of the molecule is O=C(CN1C(=O)S/C(=C/c2ccc(-c3cccc(C(=O)O)c3)o2)C1=O)Nc1ccc(N2CCOCC2)cc1. The molecule has 38 heavy (non-hydrogen) atoms. The van der Waals surface area contributed by atoms with Crippen LogP contribution in [0.4, 0.5) is 16.2 Å². The maximum atomic E-state index is 12.8. The zero-order chi connectivity index (χ0) is 26.6. The summed E-state index contributed by atoms with van der Waals surface area (Å²) in [4.78, 5) is 52.3. The molecule has 0 atom stereocenters. The van der Waals surface area contributed by atoms with Gasteiger partial charge in [-0.1, -0.05) is 12.1 Å². The summed E-state index contributed by atoms with van der Waals surface area (Å²) >= 11 is 0.719. The fourth-order valence-corrected chi connectivity index (χ4v) is 4.90. The van der Waals surface area contributed by atoms with Gasteiger partial charge in [-0.25, -0.2) is 4.79 Å². The summed E-state index contributed by atoms with van der Waals surface area (Å²) in [5.41, 5.74) is 2.27. The first-order chi connectivity index (χ1) is 18.4. The molecular weight excluding hydrogens is 510 g/mol. The van der Waals surface area contributed by atoms with Crippen LogP contribution >= 0.6 is 11.8 Å². The number of carbonyl (C=O) groups excluding carboxylic acids is 3. The van der Waals surface area contributed by atoms with Crippen molar-refractivity contribution in [1.29, 1.82) is 0 Å². The van der Waals surface area contributed by atoms with Crippen LogP contribution in [-0.2, 0) is 14.3 Å². The Bertz CT molecular complexity index is 1420. The van der Waals surface area contributed by atoms with Crippen molar-refractivity contribution in [2.75, 3.05) is 43.1 Å². The van der Waals surface area contributed by atoms with Gasteiger partial charge < -0.3 is 24.5 Å². The van der Waals surface area contributed by atoms with Gasteiger partial charge in [0, 0.05) is 36.1 Å². The van der Waals surface area contributed by atoms with Crippen LogP contribution in [0.2, 0.25) is 0 Å². The van der Waals surface area contributed by atoms with Crippen LogP contribution in [0.15, 0.2) is 70.0 Å². The molecule has 11 heteroatoms. The Morgan fingerprint density at radius 2 is 1.79 bits per heavy atom. The summed E-state index contributed by atoms with van der Waals surface area (Å²) in [5, 5.41) is 11.3. The maximum absolute atomic E-state index is 12.8. The molecule has 2 fully saturated rings. The highest BCUT2D eigenvalue weighted by Crippen LogP contribution is 2.33. The lowest BCUT2D eigenvalue weighted by Gasteiger charge is -2.28. The summed E-state index contributed by atoms with van der Waals surface area (Å²) < 4.78 is 11.1. The molecule has 0 unspecified atom stereocenters. The van der Waals surface area contributed by atoms with Crippen LogP contribution < -0.4 is 10.2 Å². The Morgan fingerprint density at radius 1 is 1.03 bits per heavy atom. The lowest BCUT2D eigenvalue weighted by molar-refractivity contribution is -0.127. The van der Waals surface area contributed by atoms with Gasteiger partial charge in [0.05, 0.1) is 23.7 Å². The van der Waals surface area contributed by atoms with Crippen LogP contribution in [0.3, 0.4) is 0 Å². The van der Waals surface area contributed by atoms with E-state index in [4.69, 9.17) is 9.15 Å². The van der Waals surface area contributed by atoms with E-state index >= 15 is 0 Å². The first kappa shape index (κ1) is 25.3. The molecule has 5 rings (SSSR count). The van der Waals surface area contributed by atoms with Crippen molar-refractivity contribution < 1.29 is 33.4 Å². The summed E-state index contributed by atoms with van der Waals surface area (Å²) in [6.07, 6.45) is 1.43. The van der Waals surface area contributed by atoms with Crippen molar-refractivity contribution in [3.63, 3.8) is 0 Å². The predicted octanol–water partition coefficient (Wildman–Crippen LogP) is 4.16. The van der Waals surface area contributed by atoms with Crippen LogP contribution in [0.1, 0.15) is 16.1 Å². The lowest BCUT2D eigenvalue weighted by atomic mass is 10.1. The highest BCUT2D eigenvalue weighted by Gasteiger charge is 2.36. The number of hydrogen-bond donors (Lipinski definition) is 2. The smallest absolute Gasteiger partial charge is 0.335 e. The quantitative estimate of drug-likeness (QED) is 0.430. The summed E-state index contributed by atoms with van der Waals surface area (Å²) in [6, 6.07) is 16.9. The van der Waals surface area contributed by atoms with E-state index in [1.54, 1.807) is 36.4 Å². The number of aromatic carboxylic acids is 1. The van der Waals surface area contributed by atoms with Crippen molar-refractivity contribution in [2.24, 2.45) is 0 Å². The molecule has 3 heterocycles. The molecule has 2 saturated heterocycles. The Labute approximate surface area is 221 Å². The molecule has 0 saturated carbocycles. The molecule has 0 radical (unpaired) electrons. The van der Waals surface area contributed by atoms with Crippen molar-refractivity contribution in [3.05, 3.63) is 76.9 Å². The average Bonchev–Trinajstić information content (AvgIpc) is 3.50. The third-order valence-electron chi connectivity index (χ3n) is 6.00. The number of carboxylic acid groups (broad SMARTS) is 1. The standard InChI is InChI=1S/C27H23N3O7S/c31-24(28-19-4-6-20(7-5-19)29-10-12-36-13-11-29)16-30-25(32)23(38-27(30)35)15-21-8-9-22(37-21)17-2-1-3-18(14-17)26(33)34/h1-9,14-15H,10-13,16H2,(H,28,31)(H,33,34)/b23-15+. The van der Waals surface area contributed by atoms with E-state index in [1.165, 1.54) is 18.2 Å². The molecule has 0 bridgehead atoms. The van der Waals surface area contributed by atoms with Gasteiger partial charge >= 0.3 is 5.97 Å². The van der Waals surface area contributed by atoms with E-state index in [9.17, 15) is 24.3 Å². The summed E-state index contributed by atoms with van der Waals surface area (Å²) in [7, 11) is 0. The molecule has 2 aliphatic heterocycles. The first-order valence-corrected chi connectivity index (χ1v) is 12.6. The number of thioether (sulfide) groups is 1. The molecular formula is C27H23N3O7S. The largest absolute Gasteiger partial charge is 0.478 e. The van der Waals surface area contributed by atoms with Crippen LogP contribution in [0.25, 0.3) is 17.4 Å².